The van der Waals surface area contributed by atoms with Crippen LogP contribution in [0.2, 0.25) is 0 Å². The van der Waals surface area contributed by atoms with Gasteiger partial charge in [-0.15, -0.1) is 0 Å². The highest BCUT2D eigenvalue weighted by Gasteiger charge is 2.13. The highest BCUT2D eigenvalue weighted by atomic mass is 19.1. The van der Waals surface area contributed by atoms with E-state index in [9.17, 15) is 9.18 Å². The van der Waals surface area contributed by atoms with Crippen molar-refractivity contribution < 1.29 is 9.18 Å². The standard InChI is InChI=1S/C21H19FN4O/c1-3-17(14-4-7-16(23)8-5-14)15-6-9-20(25-10-15)26-21(27)18-11-24-12-19(22)13(18)2/h3-12H,23H2,1-2H3,(H,25,26,27)/b17-3-. The van der Waals surface area contributed by atoms with E-state index in [0.717, 1.165) is 22.9 Å². The average Bonchev–Trinajstić information content (AvgIpc) is 2.67. The second-order valence-electron chi connectivity index (χ2n) is 6.00. The van der Waals surface area contributed by atoms with Crippen LogP contribution in [0, 0.1) is 12.7 Å². The molecule has 136 valence electrons. The number of anilines is 2. The number of carbonyl (C=O) groups is 1. The minimum absolute atomic E-state index is 0.178. The lowest BCUT2D eigenvalue weighted by Gasteiger charge is -2.10. The molecule has 0 atom stereocenters. The number of allylic oxidation sites excluding steroid dienone is 1. The van der Waals surface area contributed by atoms with Crippen LogP contribution in [-0.2, 0) is 0 Å². The van der Waals surface area contributed by atoms with E-state index in [2.05, 4.69) is 15.3 Å². The molecule has 0 bridgehead atoms. The van der Waals surface area contributed by atoms with Crippen LogP contribution in [0.15, 0.2) is 61.1 Å². The van der Waals surface area contributed by atoms with Gasteiger partial charge in [0.15, 0.2) is 0 Å². The quantitative estimate of drug-likeness (QED) is 0.681. The number of aromatic nitrogens is 2. The molecule has 0 aliphatic carbocycles. The predicted octanol–water partition coefficient (Wildman–Crippen LogP) is 4.21. The van der Waals surface area contributed by atoms with E-state index >= 15 is 0 Å². The molecule has 0 radical (unpaired) electrons. The summed E-state index contributed by atoms with van der Waals surface area (Å²) in [4.78, 5) is 20.4. The van der Waals surface area contributed by atoms with E-state index in [4.69, 9.17) is 5.73 Å². The van der Waals surface area contributed by atoms with Gasteiger partial charge in [0.2, 0.25) is 0 Å². The van der Waals surface area contributed by atoms with Crippen LogP contribution >= 0.6 is 0 Å². The summed E-state index contributed by atoms with van der Waals surface area (Å²) in [6.45, 7) is 3.48. The summed E-state index contributed by atoms with van der Waals surface area (Å²) in [6.07, 6.45) is 6.08. The van der Waals surface area contributed by atoms with E-state index in [1.54, 1.807) is 12.3 Å². The molecule has 0 saturated carbocycles. The number of carbonyl (C=O) groups excluding carboxylic acids is 1. The number of hydrogen-bond donors (Lipinski definition) is 2. The van der Waals surface area contributed by atoms with Crippen molar-refractivity contribution in [3.63, 3.8) is 0 Å². The first-order valence-electron chi connectivity index (χ1n) is 8.39. The van der Waals surface area contributed by atoms with Gasteiger partial charge in [0, 0.05) is 29.2 Å². The molecule has 0 aliphatic heterocycles. The zero-order valence-corrected chi connectivity index (χ0v) is 15.0. The Kier molecular flexibility index (Phi) is 5.26. The Morgan fingerprint density at radius 1 is 1.07 bits per heavy atom. The van der Waals surface area contributed by atoms with Gasteiger partial charge in [-0.25, -0.2) is 9.37 Å². The zero-order valence-electron chi connectivity index (χ0n) is 15.0. The third kappa shape index (κ3) is 4.00. The molecular weight excluding hydrogens is 343 g/mol. The Morgan fingerprint density at radius 3 is 2.41 bits per heavy atom. The minimum Gasteiger partial charge on any atom is -0.399 e. The average molecular weight is 362 g/mol. The highest BCUT2D eigenvalue weighted by Crippen LogP contribution is 2.24. The van der Waals surface area contributed by atoms with Gasteiger partial charge in [-0.3, -0.25) is 9.78 Å². The van der Waals surface area contributed by atoms with Gasteiger partial charge in [-0.2, -0.15) is 0 Å². The smallest absolute Gasteiger partial charge is 0.258 e. The molecule has 3 rings (SSSR count). The van der Waals surface area contributed by atoms with Crippen molar-refractivity contribution in [2.45, 2.75) is 13.8 Å². The van der Waals surface area contributed by atoms with E-state index in [1.807, 2.05) is 43.3 Å². The summed E-state index contributed by atoms with van der Waals surface area (Å²) in [5, 5.41) is 2.66. The summed E-state index contributed by atoms with van der Waals surface area (Å²) in [7, 11) is 0. The van der Waals surface area contributed by atoms with E-state index < -0.39 is 11.7 Å². The summed E-state index contributed by atoms with van der Waals surface area (Å²) < 4.78 is 13.6. The van der Waals surface area contributed by atoms with Gasteiger partial charge in [0.1, 0.15) is 11.6 Å². The summed E-state index contributed by atoms with van der Waals surface area (Å²) >= 11 is 0. The van der Waals surface area contributed by atoms with Crippen LogP contribution in [0.3, 0.4) is 0 Å². The topological polar surface area (TPSA) is 80.9 Å². The Hall–Kier alpha value is -3.54. The van der Waals surface area contributed by atoms with E-state index in [1.165, 1.54) is 13.1 Å². The van der Waals surface area contributed by atoms with Crippen LogP contribution in [0.25, 0.3) is 5.57 Å². The number of rotatable bonds is 4. The van der Waals surface area contributed by atoms with Gasteiger partial charge >= 0.3 is 0 Å². The second kappa shape index (κ2) is 7.78. The van der Waals surface area contributed by atoms with Crippen molar-refractivity contribution in [1.82, 2.24) is 9.97 Å². The lowest BCUT2D eigenvalue weighted by Crippen LogP contribution is -2.15. The Bertz CT molecular complexity index is 996. The number of benzene rings is 1. The minimum atomic E-state index is -0.521. The predicted molar refractivity (Wildman–Crippen MR) is 105 cm³/mol. The van der Waals surface area contributed by atoms with Crippen LogP contribution in [0.4, 0.5) is 15.9 Å². The molecule has 2 aromatic heterocycles. The monoisotopic (exact) mass is 362 g/mol. The van der Waals surface area contributed by atoms with Crippen LogP contribution in [-0.4, -0.2) is 15.9 Å². The van der Waals surface area contributed by atoms with Crippen molar-refractivity contribution in [3.05, 3.63) is 89.1 Å². The van der Waals surface area contributed by atoms with Gasteiger partial charge in [0.25, 0.3) is 5.91 Å². The molecular formula is C21H19FN4O. The molecule has 1 amide bonds. The van der Waals surface area contributed by atoms with Crippen molar-refractivity contribution in [1.29, 1.82) is 0 Å². The van der Waals surface area contributed by atoms with Crippen molar-refractivity contribution in [2.75, 3.05) is 11.1 Å². The molecule has 0 saturated heterocycles. The van der Waals surface area contributed by atoms with Crippen LogP contribution in [0.1, 0.15) is 34.0 Å². The molecule has 3 N–H and O–H groups in total. The van der Waals surface area contributed by atoms with Crippen LogP contribution in [0.5, 0.6) is 0 Å². The van der Waals surface area contributed by atoms with Gasteiger partial charge in [-0.1, -0.05) is 18.2 Å². The summed E-state index contributed by atoms with van der Waals surface area (Å²) in [6, 6.07) is 11.1. The number of nitrogens with one attached hydrogen (secondary N) is 1. The Morgan fingerprint density at radius 2 is 1.78 bits per heavy atom. The lowest BCUT2D eigenvalue weighted by molar-refractivity contribution is 0.102. The van der Waals surface area contributed by atoms with Gasteiger partial charge in [0.05, 0.1) is 11.8 Å². The first-order chi connectivity index (χ1) is 13.0. The largest absolute Gasteiger partial charge is 0.399 e. The second-order valence-corrected chi connectivity index (χ2v) is 6.00. The van der Waals surface area contributed by atoms with E-state index in [-0.39, 0.29) is 11.1 Å². The van der Waals surface area contributed by atoms with Crippen molar-refractivity contribution in [3.8, 4) is 0 Å². The normalized spacial score (nSPS) is 11.3. The number of nitrogens with zero attached hydrogens (tertiary/aromatic N) is 2. The van der Waals surface area contributed by atoms with Gasteiger partial charge < -0.3 is 11.1 Å². The molecule has 3 aromatic rings. The third-order valence-electron chi connectivity index (χ3n) is 4.22. The molecule has 5 nitrogen and oxygen atoms in total. The fraction of sp³-hybridized carbons (Fsp3) is 0.0952. The molecule has 0 spiro atoms. The fourth-order valence-electron chi connectivity index (χ4n) is 2.70. The molecule has 27 heavy (non-hydrogen) atoms. The number of hydrogen-bond acceptors (Lipinski definition) is 4. The molecule has 0 fully saturated rings. The van der Waals surface area contributed by atoms with Crippen molar-refractivity contribution >= 4 is 23.0 Å². The third-order valence-corrected chi connectivity index (χ3v) is 4.22. The van der Waals surface area contributed by atoms with E-state index in [0.29, 0.717) is 11.5 Å². The number of pyridine rings is 2. The molecule has 6 heteroatoms. The van der Waals surface area contributed by atoms with Crippen molar-refractivity contribution in [2.24, 2.45) is 0 Å². The summed E-state index contributed by atoms with van der Waals surface area (Å²) in [5.74, 6) is -0.600. The maximum atomic E-state index is 13.6. The first-order valence-corrected chi connectivity index (χ1v) is 8.39. The Labute approximate surface area is 156 Å². The SMILES string of the molecule is C/C=C(/c1ccc(N)cc1)c1ccc(NC(=O)c2cncc(F)c2C)nc1. The maximum Gasteiger partial charge on any atom is 0.258 e. The highest BCUT2D eigenvalue weighted by molar-refractivity contribution is 6.04. The number of halogens is 1. The number of amides is 1. The number of nitrogen functional groups attached to an aromatic ring is 1. The fourth-order valence-corrected chi connectivity index (χ4v) is 2.70. The molecule has 0 aliphatic rings. The summed E-state index contributed by atoms with van der Waals surface area (Å²) in [5.41, 5.74) is 9.80. The van der Waals surface area contributed by atoms with Crippen LogP contribution < -0.4 is 11.1 Å². The van der Waals surface area contributed by atoms with Gasteiger partial charge in [-0.05, 0) is 49.2 Å². The molecule has 2 heterocycles. The zero-order chi connectivity index (χ0) is 19.4. The Balaban J connectivity index is 1.79. The first kappa shape index (κ1) is 18.3. The molecule has 0 unspecified atom stereocenters. The molecule has 1 aromatic carbocycles. The number of nitrogens with two attached hydrogens (primary N) is 1. The maximum absolute atomic E-state index is 13.6. The lowest BCUT2D eigenvalue weighted by atomic mass is 9.99.